The number of nitrogens with one attached hydrogen (secondary N) is 1. The zero-order valence-electron chi connectivity index (χ0n) is 15.6. The Morgan fingerprint density at radius 1 is 1.21 bits per heavy atom. The van der Waals surface area contributed by atoms with E-state index in [9.17, 15) is 14.7 Å². The Hall–Kier alpha value is -2.85. The van der Waals surface area contributed by atoms with E-state index in [1.54, 1.807) is 13.3 Å². The first kappa shape index (κ1) is 19.9. The molecule has 0 saturated heterocycles. The zero-order chi connectivity index (χ0) is 19.9. The molecule has 3 rings (SSSR count). The molecule has 10 heteroatoms. The maximum absolute atomic E-state index is 12.6. The van der Waals surface area contributed by atoms with Crippen molar-refractivity contribution in [1.29, 1.82) is 0 Å². The first-order chi connectivity index (χ1) is 13.6. The summed E-state index contributed by atoms with van der Waals surface area (Å²) >= 11 is 0. The molecule has 10 nitrogen and oxygen atoms in total. The molecule has 1 fully saturated rings. The zero-order valence-corrected chi connectivity index (χ0v) is 15.6. The third-order valence-electron chi connectivity index (χ3n) is 4.55. The molecule has 0 unspecified atom stereocenters. The number of carboxylic acids is 1. The summed E-state index contributed by atoms with van der Waals surface area (Å²) in [6.45, 7) is 1.13. The van der Waals surface area contributed by atoms with E-state index in [0.717, 1.165) is 25.7 Å². The normalized spacial score (nSPS) is 19.3. The van der Waals surface area contributed by atoms with Crippen LogP contribution in [0.4, 0.5) is 0 Å². The fourth-order valence-corrected chi connectivity index (χ4v) is 3.08. The number of carboxylic acid groups (broad SMARTS) is 1. The average molecular weight is 389 g/mol. The highest BCUT2D eigenvalue weighted by Crippen LogP contribution is 2.21. The van der Waals surface area contributed by atoms with Gasteiger partial charge in [-0.05, 0) is 25.7 Å². The highest BCUT2D eigenvalue weighted by molar-refractivity contribution is 5.95. The fourth-order valence-electron chi connectivity index (χ4n) is 3.08. The topological polar surface area (TPSA) is 128 Å². The molecular formula is C18H23N5O5. The van der Waals surface area contributed by atoms with Gasteiger partial charge in [-0.1, -0.05) is 0 Å². The molecule has 0 aliphatic heterocycles. The smallest absolute Gasteiger partial charge is 0.354 e. The van der Waals surface area contributed by atoms with Gasteiger partial charge in [-0.2, -0.15) is 0 Å². The lowest BCUT2D eigenvalue weighted by molar-refractivity contribution is -0.00409. The van der Waals surface area contributed by atoms with Gasteiger partial charge in [0.05, 0.1) is 19.3 Å². The quantitative estimate of drug-likeness (QED) is 0.642. The van der Waals surface area contributed by atoms with Crippen LogP contribution < -0.4 is 5.32 Å². The Bertz CT molecular complexity index is 803. The number of imidazole rings is 1. The highest BCUT2D eigenvalue weighted by atomic mass is 16.5. The average Bonchev–Trinajstić information content (AvgIpc) is 3.24. The van der Waals surface area contributed by atoms with E-state index in [4.69, 9.17) is 9.47 Å². The molecule has 1 saturated carbocycles. The number of aromatic carboxylic acids is 1. The molecule has 0 radical (unpaired) electrons. The SMILES string of the molecule is COCCO[C@H]1CC[C@H](NC(=O)c2cc(C(=O)O)nc(-n3ccnc3)n2)CC1. The number of carbonyl (C=O) groups excluding carboxylic acids is 1. The van der Waals surface area contributed by atoms with Crippen LogP contribution in [-0.4, -0.2) is 69.0 Å². The minimum absolute atomic E-state index is 0.00489. The minimum Gasteiger partial charge on any atom is -0.477 e. The molecule has 1 aliphatic carbocycles. The van der Waals surface area contributed by atoms with Crippen LogP contribution in [0.5, 0.6) is 0 Å². The van der Waals surface area contributed by atoms with Crippen LogP contribution in [0.25, 0.3) is 5.95 Å². The van der Waals surface area contributed by atoms with Gasteiger partial charge >= 0.3 is 5.97 Å². The molecule has 0 spiro atoms. The van der Waals surface area contributed by atoms with Crippen LogP contribution in [-0.2, 0) is 9.47 Å². The number of amides is 1. The van der Waals surface area contributed by atoms with Gasteiger partial charge in [0.25, 0.3) is 5.91 Å². The van der Waals surface area contributed by atoms with Gasteiger partial charge in [-0.15, -0.1) is 0 Å². The number of ether oxygens (including phenoxy) is 2. The first-order valence-corrected chi connectivity index (χ1v) is 9.09. The van der Waals surface area contributed by atoms with Gasteiger partial charge in [0, 0.05) is 31.6 Å². The second-order valence-corrected chi connectivity index (χ2v) is 6.52. The molecule has 150 valence electrons. The third-order valence-corrected chi connectivity index (χ3v) is 4.55. The maximum Gasteiger partial charge on any atom is 0.354 e. The Kier molecular flexibility index (Phi) is 6.66. The lowest BCUT2D eigenvalue weighted by Gasteiger charge is -2.29. The summed E-state index contributed by atoms with van der Waals surface area (Å²) in [7, 11) is 1.64. The van der Waals surface area contributed by atoms with Gasteiger partial charge in [-0.3, -0.25) is 9.36 Å². The van der Waals surface area contributed by atoms with E-state index >= 15 is 0 Å². The number of hydrogen-bond acceptors (Lipinski definition) is 7. The number of methoxy groups -OCH3 is 1. The van der Waals surface area contributed by atoms with Crippen molar-refractivity contribution in [3.8, 4) is 5.95 Å². The Labute approximate surface area is 161 Å². The van der Waals surface area contributed by atoms with Crippen molar-refractivity contribution >= 4 is 11.9 Å². The van der Waals surface area contributed by atoms with Crippen LogP contribution in [0.15, 0.2) is 24.8 Å². The van der Waals surface area contributed by atoms with Crippen molar-refractivity contribution < 1.29 is 24.2 Å². The molecule has 2 heterocycles. The maximum atomic E-state index is 12.6. The molecular weight excluding hydrogens is 366 g/mol. The van der Waals surface area contributed by atoms with Crippen LogP contribution in [0.2, 0.25) is 0 Å². The summed E-state index contributed by atoms with van der Waals surface area (Å²) in [6, 6.07) is 1.17. The largest absolute Gasteiger partial charge is 0.477 e. The predicted molar refractivity (Wildman–Crippen MR) is 97.5 cm³/mol. The summed E-state index contributed by atoms with van der Waals surface area (Å²) in [5.41, 5.74) is -0.242. The van der Waals surface area contributed by atoms with E-state index in [0.29, 0.717) is 13.2 Å². The van der Waals surface area contributed by atoms with E-state index in [-0.39, 0.29) is 29.5 Å². The third kappa shape index (κ3) is 5.11. The summed E-state index contributed by atoms with van der Waals surface area (Å²) < 4.78 is 12.2. The first-order valence-electron chi connectivity index (χ1n) is 9.09. The van der Waals surface area contributed by atoms with Gasteiger partial charge in [0.1, 0.15) is 12.0 Å². The molecule has 2 N–H and O–H groups in total. The molecule has 0 atom stereocenters. The molecule has 28 heavy (non-hydrogen) atoms. The molecule has 1 amide bonds. The van der Waals surface area contributed by atoms with E-state index in [2.05, 4.69) is 20.3 Å². The monoisotopic (exact) mass is 389 g/mol. The summed E-state index contributed by atoms with van der Waals surface area (Å²) in [5.74, 6) is -1.57. The van der Waals surface area contributed by atoms with Crippen LogP contribution in [0.1, 0.15) is 46.7 Å². The number of nitrogens with zero attached hydrogens (tertiary/aromatic N) is 4. The van der Waals surface area contributed by atoms with Gasteiger partial charge in [0.2, 0.25) is 5.95 Å². The number of hydrogen-bond donors (Lipinski definition) is 2. The van der Waals surface area contributed by atoms with Crippen LogP contribution >= 0.6 is 0 Å². The van der Waals surface area contributed by atoms with E-state index in [1.165, 1.54) is 23.2 Å². The molecule has 2 aromatic rings. The summed E-state index contributed by atoms with van der Waals surface area (Å²) in [6.07, 6.45) is 7.97. The second-order valence-electron chi connectivity index (χ2n) is 6.52. The van der Waals surface area contributed by atoms with Crippen molar-refractivity contribution in [3.63, 3.8) is 0 Å². The van der Waals surface area contributed by atoms with Crippen molar-refractivity contribution in [2.24, 2.45) is 0 Å². The number of carbonyl (C=O) groups is 2. The van der Waals surface area contributed by atoms with Gasteiger partial charge in [-0.25, -0.2) is 19.7 Å². The number of rotatable bonds is 8. The van der Waals surface area contributed by atoms with E-state index < -0.39 is 11.9 Å². The van der Waals surface area contributed by atoms with Crippen molar-refractivity contribution in [2.75, 3.05) is 20.3 Å². The lowest BCUT2D eigenvalue weighted by atomic mass is 9.93. The fraction of sp³-hybridized carbons (Fsp3) is 0.500. The van der Waals surface area contributed by atoms with Crippen LogP contribution in [0.3, 0.4) is 0 Å². The Morgan fingerprint density at radius 2 is 1.96 bits per heavy atom. The second kappa shape index (κ2) is 9.38. The standard InChI is InChI=1S/C18H23N5O5/c1-27-8-9-28-13-4-2-12(3-5-13)20-16(24)14-10-15(17(25)26)22-18(21-14)23-7-6-19-11-23/h6-7,10-13H,2-5,8-9H2,1H3,(H,20,24)(H,25,26)/t12-,13-. The van der Waals surface area contributed by atoms with Crippen LogP contribution in [0, 0.1) is 0 Å². The molecule has 0 bridgehead atoms. The van der Waals surface area contributed by atoms with Crippen molar-refractivity contribution in [2.45, 2.75) is 37.8 Å². The molecule has 2 aromatic heterocycles. The number of aromatic nitrogens is 4. The van der Waals surface area contributed by atoms with Crippen molar-refractivity contribution in [3.05, 3.63) is 36.2 Å². The van der Waals surface area contributed by atoms with E-state index in [1.807, 2.05) is 0 Å². The molecule has 0 aromatic carbocycles. The lowest BCUT2D eigenvalue weighted by Crippen LogP contribution is -2.39. The highest BCUT2D eigenvalue weighted by Gasteiger charge is 2.24. The van der Waals surface area contributed by atoms with Gasteiger partial charge in [0.15, 0.2) is 5.69 Å². The summed E-state index contributed by atoms with van der Waals surface area (Å²) in [5, 5.41) is 12.2. The predicted octanol–water partition coefficient (Wildman–Crippen LogP) is 1.06. The Morgan fingerprint density at radius 3 is 2.61 bits per heavy atom. The Balaban J connectivity index is 1.64. The van der Waals surface area contributed by atoms with Crippen molar-refractivity contribution in [1.82, 2.24) is 24.8 Å². The van der Waals surface area contributed by atoms with Gasteiger partial charge < -0.3 is 19.9 Å². The summed E-state index contributed by atoms with van der Waals surface area (Å²) in [4.78, 5) is 36.0. The minimum atomic E-state index is -1.23. The molecule has 1 aliphatic rings.